The fourth-order valence-electron chi connectivity index (χ4n) is 0.809. The van der Waals surface area contributed by atoms with Crippen LogP contribution in [0, 0.1) is 0 Å². The van der Waals surface area contributed by atoms with Gasteiger partial charge >= 0.3 is 0 Å². The standard InChI is InChI=1S/C10H17NO/c1-5-7-9(10(12)6-2)11-8(3)4/h6-7,11-12H,3,5H2,1-2,4H3/b9-7+,10-6+. The van der Waals surface area contributed by atoms with Crippen molar-refractivity contribution in [2.45, 2.75) is 27.2 Å². The van der Waals surface area contributed by atoms with Crippen molar-refractivity contribution in [3.8, 4) is 0 Å². The molecule has 2 heteroatoms. The molecule has 0 atom stereocenters. The molecule has 0 spiro atoms. The van der Waals surface area contributed by atoms with Crippen molar-refractivity contribution in [2.24, 2.45) is 0 Å². The van der Waals surface area contributed by atoms with Crippen LogP contribution in [0.15, 0.2) is 35.9 Å². The zero-order valence-electron chi connectivity index (χ0n) is 8.02. The molecule has 68 valence electrons. The Labute approximate surface area is 74.3 Å². The van der Waals surface area contributed by atoms with Crippen molar-refractivity contribution in [1.29, 1.82) is 0 Å². The first kappa shape index (κ1) is 10.8. The van der Waals surface area contributed by atoms with E-state index in [9.17, 15) is 5.11 Å². The minimum Gasteiger partial charge on any atom is -0.506 e. The lowest BCUT2D eigenvalue weighted by molar-refractivity contribution is 0.415. The summed E-state index contributed by atoms with van der Waals surface area (Å²) in [5.74, 6) is 0.264. The SMILES string of the molecule is C=C(C)NC(=C/CC)/C(O)=C\C. The van der Waals surface area contributed by atoms with Gasteiger partial charge in [0.05, 0.1) is 5.70 Å². The molecular formula is C10H17NO. The first-order valence-electron chi connectivity index (χ1n) is 4.10. The lowest BCUT2D eigenvalue weighted by Gasteiger charge is -2.08. The molecule has 0 radical (unpaired) electrons. The second-order valence-electron chi connectivity index (χ2n) is 2.61. The first-order valence-corrected chi connectivity index (χ1v) is 4.10. The molecule has 12 heavy (non-hydrogen) atoms. The van der Waals surface area contributed by atoms with Crippen molar-refractivity contribution in [3.63, 3.8) is 0 Å². The highest BCUT2D eigenvalue weighted by Crippen LogP contribution is 2.05. The quantitative estimate of drug-likeness (QED) is 0.498. The number of nitrogens with one attached hydrogen (secondary N) is 1. The summed E-state index contributed by atoms with van der Waals surface area (Å²) < 4.78 is 0. The van der Waals surface area contributed by atoms with Gasteiger partial charge in [0.25, 0.3) is 0 Å². The van der Waals surface area contributed by atoms with E-state index >= 15 is 0 Å². The maximum atomic E-state index is 9.39. The molecule has 0 aromatic heterocycles. The maximum Gasteiger partial charge on any atom is 0.134 e. The Balaban J connectivity index is 4.45. The molecule has 0 fully saturated rings. The smallest absolute Gasteiger partial charge is 0.134 e. The van der Waals surface area contributed by atoms with E-state index in [1.807, 2.05) is 19.9 Å². The van der Waals surface area contributed by atoms with Crippen LogP contribution in [0.25, 0.3) is 0 Å². The second-order valence-corrected chi connectivity index (χ2v) is 2.61. The molecule has 0 aliphatic rings. The summed E-state index contributed by atoms with van der Waals surface area (Å²) in [4.78, 5) is 0. The molecule has 2 nitrogen and oxygen atoms in total. The van der Waals surface area contributed by atoms with Gasteiger partial charge in [0.1, 0.15) is 5.76 Å². The molecule has 0 aliphatic carbocycles. The average molecular weight is 167 g/mol. The highest BCUT2D eigenvalue weighted by atomic mass is 16.3. The number of hydrogen-bond acceptors (Lipinski definition) is 2. The van der Waals surface area contributed by atoms with Crippen molar-refractivity contribution < 1.29 is 5.11 Å². The summed E-state index contributed by atoms with van der Waals surface area (Å²) in [6.45, 7) is 9.36. The van der Waals surface area contributed by atoms with E-state index in [2.05, 4.69) is 11.9 Å². The third-order valence-electron chi connectivity index (χ3n) is 1.31. The van der Waals surface area contributed by atoms with Crippen molar-refractivity contribution in [1.82, 2.24) is 5.32 Å². The fraction of sp³-hybridized carbons (Fsp3) is 0.400. The Morgan fingerprint density at radius 3 is 2.50 bits per heavy atom. The Hall–Kier alpha value is -1.18. The van der Waals surface area contributed by atoms with Crippen LogP contribution in [0.1, 0.15) is 27.2 Å². The summed E-state index contributed by atoms with van der Waals surface area (Å²) in [5.41, 5.74) is 1.55. The molecule has 0 aliphatic heterocycles. The Kier molecular flexibility index (Phi) is 4.93. The summed E-state index contributed by atoms with van der Waals surface area (Å²) in [7, 11) is 0. The topological polar surface area (TPSA) is 32.3 Å². The molecule has 0 bridgehead atoms. The average Bonchev–Trinajstić information content (AvgIpc) is 2.01. The Morgan fingerprint density at radius 2 is 2.17 bits per heavy atom. The van der Waals surface area contributed by atoms with E-state index in [0.29, 0.717) is 0 Å². The van der Waals surface area contributed by atoms with Crippen LogP contribution in [0.4, 0.5) is 0 Å². The lowest BCUT2D eigenvalue weighted by atomic mass is 10.2. The van der Waals surface area contributed by atoms with Crippen LogP contribution in [0.5, 0.6) is 0 Å². The first-order chi connectivity index (χ1) is 5.61. The molecule has 0 rings (SSSR count). The zero-order chi connectivity index (χ0) is 9.56. The van der Waals surface area contributed by atoms with Gasteiger partial charge in [-0.25, -0.2) is 0 Å². The molecule has 0 aromatic carbocycles. The molecule has 0 saturated carbocycles. The molecular weight excluding hydrogens is 150 g/mol. The predicted octanol–water partition coefficient (Wildman–Crippen LogP) is 2.87. The van der Waals surface area contributed by atoms with Crippen LogP contribution >= 0.6 is 0 Å². The number of hydrogen-bond donors (Lipinski definition) is 2. The van der Waals surface area contributed by atoms with Crippen LogP contribution in [0.2, 0.25) is 0 Å². The maximum absolute atomic E-state index is 9.39. The second kappa shape index (κ2) is 5.47. The largest absolute Gasteiger partial charge is 0.506 e. The molecule has 0 saturated heterocycles. The zero-order valence-corrected chi connectivity index (χ0v) is 8.02. The number of aliphatic hydroxyl groups excluding tert-OH is 1. The van der Waals surface area contributed by atoms with E-state index < -0.39 is 0 Å². The van der Waals surface area contributed by atoms with Crippen molar-refractivity contribution >= 4 is 0 Å². The third kappa shape index (κ3) is 3.86. The molecule has 0 aromatic rings. The van der Waals surface area contributed by atoms with Gasteiger partial charge < -0.3 is 10.4 Å². The third-order valence-corrected chi connectivity index (χ3v) is 1.31. The van der Waals surface area contributed by atoms with Crippen molar-refractivity contribution in [3.05, 3.63) is 35.9 Å². The van der Waals surface area contributed by atoms with Crippen LogP contribution < -0.4 is 5.32 Å². The van der Waals surface area contributed by atoms with Crippen LogP contribution in [-0.4, -0.2) is 5.11 Å². The minimum absolute atomic E-state index is 0.264. The van der Waals surface area contributed by atoms with Gasteiger partial charge in [0, 0.05) is 5.70 Å². The van der Waals surface area contributed by atoms with E-state index in [0.717, 1.165) is 17.8 Å². The van der Waals surface area contributed by atoms with E-state index in [-0.39, 0.29) is 5.76 Å². The van der Waals surface area contributed by atoms with Gasteiger partial charge in [0.15, 0.2) is 0 Å². The van der Waals surface area contributed by atoms with Gasteiger partial charge in [-0.2, -0.15) is 0 Å². The van der Waals surface area contributed by atoms with Gasteiger partial charge in [-0.15, -0.1) is 0 Å². The normalized spacial score (nSPS) is 12.9. The highest BCUT2D eigenvalue weighted by molar-refractivity contribution is 5.25. The van der Waals surface area contributed by atoms with Crippen LogP contribution in [-0.2, 0) is 0 Å². The lowest BCUT2D eigenvalue weighted by Crippen LogP contribution is -2.11. The molecule has 0 heterocycles. The molecule has 0 amide bonds. The molecule has 2 N–H and O–H groups in total. The van der Waals surface area contributed by atoms with Gasteiger partial charge in [-0.05, 0) is 26.3 Å². The van der Waals surface area contributed by atoms with E-state index in [1.165, 1.54) is 0 Å². The number of rotatable bonds is 4. The summed E-state index contributed by atoms with van der Waals surface area (Å²) in [5, 5.41) is 12.4. The number of allylic oxidation sites excluding steroid dienone is 3. The summed E-state index contributed by atoms with van der Waals surface area (Å²) in [6, 6.07) is 0. The summed E-state index contributed by atoms with van der Waals surface area (Å²) in [6.07, 6.45) is 4.45. The van der Waals surface area contributed by atoms with Crippen LogP contribution in [0.3, 0.4) is 0 Å². The molecule has 0 unspecified atom stereocenters. The van der Waals surface area contributed by atoms with E-state index in [4.69, 9.17) is 0 Å². The highest BCUT2D eigenvalue weighted by Gasteiger charge is 1.99. The Morgan fingerprint density at radius 1 is 1.58 bits per heavy atom. The monoisotopic (exact) mass is 167 g/mol. The van der Waals surface area contributed by atoms with Gasteiger partial charge in [-0.3, -0.25) is 0 Å². The minimum atomic E-state index is 0.264. The van der Waals surface area contributed by atoms with Crippen molar-refractivity contribution in [2.75, 3.05) is 0 Å². The fourth-order valence-corrected chi connectivity index (χ4v) is 0.809. The Bertz CT molecular complexity index is 214. The van der Waals surface area contributed by atoms with Gasteiger partial charge in [0.2, 0.25) is 0 Å². The number of aliphatic hydroxyl groups is 1. The van der Waals surface area contributed by atoms with Gasteiger partial charge in [-0.1, -0.05) is 19.6 Å². The summed E-state index contributed by atoms with van der Waals surface area (Å²) >= 11 is 0. The predicted molar refractivity (Wildman–Crippen MR) is 52.7 cm³/mol. The van der Waals surface area contributed by atoms with E-state index in [1.54, 1.807) is 13.0 Å².